The van der Waals surface area contributed by atoms with E-state index >= 15 is 0 Å². The van der Waals surface area contributed by atoms with Crippen LogP contribution in [0.5, 0.6) is 0 Å². The Balaban J connectivity index is 4.67. The van der Waals surface area contributed by atoms with Crippen molar-refractivity contribution in [3.63, 3.8) is 0 Å². The Hall–Kier alpha value is -1.52. The first-order valence-corrected chi connectivity index (χ1v) is 5.64. The summed E-state index contributed by atoms with van der Waals surface area (Å²) < 4.78 is 0. The van der Waals surface area contributed by atoms with E-state index in [-0.39, 0.29) is 6.04 Å². The largest absolute Gasteiger partial charge is 0.465 e. The fraction of sp³-hybridized carbons (Fsp3) is 0.667. The molecule has 0 fully saturated rings. The Morgan fingerprint density at radius 2 is 1.94 bits per heavy atom. The lowest BCUT2D eigenvalue weighted by Gasteiger charge is -2.19. The summed E-state index contributed by atoms with van der Waals surface area (Å²) in [4.78, 5) is 21.7. The summed E-state index contributed by atoms with van der Waals surface area (Å²) in [5, 5.41) is 11.1. The van der Waals surface area contributed by atoms with Gasteiger partial charge in [0.15, 0.2) is 0 Å². The summed E-state index contributed by atoms with van der Waals surface area (Å²) in [6, 6.07) is -0.300. The van der Waals surface area contributed by atoms with Gasteiger partial charge in [0, 0.05) is 0 Å². The average molecular weight is 242 g/mol. The molecule has 0 aromatic rings. The highest BCUT2D eigenvalue weighted by Crippen LogP contribution is 2.17. The molecule has 0 radical (unpaired) electrons. The molecule has 0 aliphatic carbocycles. The number of hydrogen-bond donors (Lipinski definition) is 3. The van der Waals surface area contributed by atoms with E-state index in [0.717, 1.165) is 0 Å². The van der Waals surface area contributed by atoms with E-state index in [0.29, 0.717) is 12.3 Å². The zero-order chi connectivity index (χ0) is 13.6. The summed E-state index contributed by atoms with van der Waals surface area (Å²) in [6.45, 7) is 7.39. The Morgan fingerprint density at radius 1 is 1.41 bits per heavy atom. The highest BCUT2D eigenvalue weighted by molar-refractivity contribution is 5.82. The number of nitrogens with two attached hydrogens (primary N) is 1. The highest BCUT2D eigenvalue weighted by atomic mass is 16.4. The van der Waals surface area contributed by atoms with E-state index < -0.39 is 17.4 Å². The van der Waals surface area contributed by atoms with Crippen LogP contribution in [0.2, 0.25) is 0 Å². The summed E-state index contributed by atoms with van der Waals surface area (Å²) in [5.41, 5.74) is 4.46. The first-order valence-electron chi connectivity index (χ1n) is 5.64. The molecular formula is C12H22N2O3. The molecule has 5 nitrogen and oxygen atoms in total. The topological polar surface area (TPSA) is 92.4 Å². The van der Waals surface area contributed by atoms with Gasteiger partial charge in [-0.2, -0.15) is 0 Å². The number of amides is 2. The summed E-state index contributed by atoms with van der Waals surface area (Å²) in [6.07, 6.45) is 2.95. The van der Waals surface area contributed by atoms with Crippen molar-refractivity contribution >= 4 is 12.0 Å². The van der Waals surface area contributed by atoms with Gasteiger partial charge in [-0.1, -0.05) is 26.0 Å². The molecule has 2 amide bonds. The van der Waals surface area contributed by atoms with Crippen LogP contribution in [0.1, 0.15) is 34.1 Å². The third kappa shape index (κ3) is 6.60. The van der Waals surface area contributed by atoms with E-state index in [9.17, 15) is 9.59 Å². The third-order valence-corrected chi connectivity index (χ3v) is 2.41. The van der Waals surface area contributed by atoms with Crippen LogP contribution in [0.3, 0.4) is 0 Å². The predicted octanol–water partition coefficient (Wildman–Crippen LogP) is 1.74. The fourth-order valence-corrected chi connectivity index (χ4v) is 1.29. The van der Waals surface area contributed by atoms with Crippen molar-refractivity contribution in [2.24, 2.45) is 17.1 Å². The standard InChI is InChI=1S/C12H22N2O3/c1-8(2)7-9(14-11(16)17)5-6-12(3,4)10(13)15/h5-6,8-9,14H,7H2,1-4H3,(H2,13,15)(H,16,17)/b6-5+/t9-/m1/s1. The average Bonchev–Trinajstić information content (AvgIpc) is 2.12. The van der Waals surface area contributed by atoms with Crippen molar-refractivity contribution in [2.75, 3.05) is 0 Å². The van der Waals surface area contributed by atoms with Crippen LogP contribution in [0, 0.1) is 11.3 Å². The van der Waals surface area contributed by atoms with Crippen molar-refractivity contribution < 1.29 is 14.7 Å². The molecule has 98 valence electrons. The summed E-state index contributed by atoms with van der Waals surface area (Å²) >= 11 is 0. The van der Waals surface area contributed by atoms with Gasteiger partial charge in [0.1, 0.15) is 0 Å². The second-order valence-corrected chi connectivity index (χ2v) is 5.13. The number of nitrogens with one attached hydrogen (secondary N) is 1. The molecule has 0 spiro atoms. The molecule has 5 heteroatoms. The van der Waals surface area contributed by atoms with Gasteiger partial charge in [0.05, 0.1) is 11.5 Å². The zero-order valence-corrected chi connectivity index (χ0v) is 10.9. The lowest BCUT2D eigenvalue weighted by Crippen LogP contribution is -2.34. The number of rotatable bonds is 6. The SMILES string of the molecule is CC(C)C[C@@H](/C=C/C(C)(C)C(N)=O)NC(=O)O. The molecule has 1 atom stereocenters. The zero-order valence-electron chi connectivity index (χ0n) is 10.9. The summed E-state index contributed by atoms with van der Waals surface area (Å²) in [5.74, 6) is -0.0828. The molecule has 0 aliphatic rings. The smallest absolute Gasteiger partial charge is 0.405 e. The van der Waals surface area contributed by atoms with Gasteiger partial charge in [-0.05, 0) is 26.2 Å². The van der Waals surface area contributed by atoms with Gasteiger partial charge < -0.3 is 16.2 Å². The van der Waals surface area contributed by atoms with Crippen LogP contribution in [0.25, 0.3) is 0 Å². The molecule has 0 aromatic carbocycles. The minimum Gasteiger partial charge on any atom is -0.465 e. The van der Waals surface area contributed by atoms with Crippen molar-refractivity contribution in [3.05, 3.63) is 12.2 Å². The van der Waals surface area contributed by atoms with E-state index in [1.165, 1.54) is 0 Å². The maximum absolute atomic E-state index is 11.1. The third-order valence-electron chi connectivity index (χ3n) is 2.41. The number of carbonyl (C=O) groups is 2. The van der Waals surface area contributed by atoms with Crippen molar-refractivity contribution in [3.8, 4) is 0 Å². The van der Waals surface area contributed by atoms with Crippen LogP contribution in [0.15, 0.2) is 12.2 Å². The number of carbonyl (C=O) groups excluding carboxylic acids is 1. The van der Waals surface area contributed by atoms with E-state index in [1.807, 2.05) is 13.8 Å². The first kappa shape index (κ1) is 15.5. The number of carboxylic acid groups (broad SMARTS) is 1. The lowest BCUT2D eigenvalue weighted by atomic mass is 9.90. The molecular weight excluding hydrogens is 220 g/mol. The van der Waals surface area contributed by atoms with Crippen molar-refractivity contribution in [1.29, 1.82) is 0 Å². The quantitative estimate of drug-likeness (QED) is 0.619. The molecule has 0 aliphatic heterocycles. The van der Waals surface area contributed by atoms with E-state index in [1.54, 1.807) is 26.0 Å². The maximum Gasteiger partial charge on any atom is 0.405 e. The Kier molecular flexibility index (Phi) is 5.71. The van der Waals surface area contributed by atoms with Gasteiger partial charge in [0.25, 0.3) is 0 Å². The second kappa shape index (κ2) is 6.27. The van der Waals surface area contributed by atoms with Gasteiger partial charge in [-0.25, -0.2) is 4.79 Å². The first-order chi connectivity index (χ1) is 7.65. The second-order valence-electron chi connectivity index (χ2n) is 5.13. The normalized spacial score (nSPS) is 13.9. The predicted molar refractivity (Wildman–Crippen MR) is 66.5 cm³/mol. The molecule has 17 heavy (non-hydrogen) atoms. The molecule has 0 rings (SSSR count). The number of primary amides is 1. The molecule has 0 heterocycles. The molecule has 0 bridgehead atoms. The fourth-order valence-electron chi connectivity index (χ4n) is 1.29. The Morgan fingerprint density at radius 3 is 2.29 bits per heavy atom. The van der Waals surface area contributed by atoms with E-state index in [4.69, 9.17) is 10.8 Å². The van der Waals surface area contributed by atoms with E-state index in [2.05, 4.69) is 5.32 Å². The van der Waals surface area contributed by atoms with Gasteiger partial charge in [-0.15, -0.1) is 0 Å². The van der Waals surface area contributed by atoms with Gasteiger partial charge in [0.2, 0.25) is 5.91 Å². The molecule has 4 N–H and O–H groups in total. The highest BCUT2D eigenvalue weighted by Gasteiger charge is 2.21. The minimum absolute atomic E-state index is 0.300. The van der Waals surface area contributed by atoms with Gasteiger partial charge >= 0.3 is 6.09 Å². The molecule has 0 saturated heterocycles. The lowest BCUT2D eigenvalue weighted by molar-refractivity contribution is -0.123. The van der Waals surface area contributed by atoms with Crippen molar-refractivity contribution in [2.45, 2.75) is 40.2 Å². The molecule has 0 saturated carbocycles. The van der Waals surface area contributed by atoms with Crippen LogP contribution < -0.4 is 11.1 Å². The van der Waals surface area contributed by atoms with Gasteiger partial charge in [-0.3, -0.25) is 4.79 Å². The Bertz CT molecular complexity index is 309. The van der Waals surface area contributed by atoms with Crippen LogP contribution in [0.4, 0.5) is 4.79 Å². The Labute approximate surface area is 102 Å². The van der Waals surface area contributed by atoms with Crippen molar-refractivity contribution in [1.82, 2.24) is 5.32 Å². The van der Waals surface area contributed by atoms with Crippen LogP contribution in [-0.2, 0) is 4.79 Å². The maximum atomic E-state index is 11.1. The summed E-state index contributed by atoms with van der Waals surface area (Å²) in [7, 11) is 0. The molecule has 0 unspecified atom stereocenters. The minimum atomic E-state index is -1.07. The monoisotopic (exact) mass is 242 g/mol. The van der Waals surface area contributed by atoms with Crippen LogP contribution >= 0.6 is 0 Å². The number of hydrogen-bond acceptors (Lipinski definition) is 2. The molecule has 0 aromatic heterocycles. The van der Waals surface area contributed by atoms with Crippen LogP contribution in [-0.4, -0.2) is 23.1 Å².